The van der Waals surface area contributed by atoms with Crippen LogP contribution in [0.3, 0.4) is 0 Å². The van der Waals surface area contributed by atoms with Crippen molar-refractivity contribution < 1.29 is 19.1 Å². The zero-order valence-corrected chi connectivity index (χ0v) is 21.1. The van der Waals surface area contributed by atoms with Crippen LogP contribution < -0.4 is 10.1 Å². The average Bonchev–Trinajstić information content (AvgIpc) is 3.29. The number of ether oxygens (including phenoxy) is 2. The van der Waals surface area contributed by atoms with Crippen molar-refractivity contribution in [3.05, 3.63) is 71.3 Å². The first-order chi connectivity index (χ1) is 17.4. The number of imidazole rings is 1. The number of rotatable bonds is 6. The third kappa shape index (κ3) is 4.83. The summed E-state index contributed by atoms with van der Waals surface area (Å²) in [4.78, 5) is 32.4. The largest absolute Gasteiger partial charge is 0.496 e. The van der Waals surface area contributed by atoms with Gasteiger partial charge >= 0.3 is 0 Å². The first-order valence-corrected chi connectivity index (χ1v) is 12.3. The van der Waals surface area contributed by atoms with Gasteiger partial charge in [-0.1, -0.05) is 11.6 Å². The van der Waals surface area contributed by atoms with E-state index in [0.29, 0.717) is 37.1 Å². The molecule has 36 heavy (non-hydrogen) atoms. The van der Waals surface area contributed by atoms with Crippen LogP contribution in [0.25, 0.3) is 5.69 Å². The number of hydrogen-bond acceptors (Lipinski definition) is 5. The van der Waals surface area contributed by atoms with Gasteiger partial charge in [0.05, 0.1) is 38.1 Å². The quantitative estimate of drug-likeness (QED) is 0.546. The Balaban J connectivity index is 1.22. The number of anilines is 1. The molecule has 3 aromatic rings. The molecule has 1 aromatic heterocycles. The fourth-order valence-electron chi connectivity index (χ4n) is 5.12. The summed E-state index contributed by atoms with van der Waals surface area (Å²) < 4.78 is 13.0. The number of nitrogens with zero attached hydrogens (tertiary/aromatic N) is 3. The third-order valence-electron chi connectivity index (χ3n) is 7.18. The number of carbonyl (C=O) groups is 2. The number of aromatic nitrogens is 2. The van der Waals surface area contributed by atoms with Gasteiger partial charge < -0.3 is 24.3 Å². The lowest BCUT2D eigenvalue weighted by Crippen LogP contribution is -2.66. The van der Waals surface area contributed by atoms with Crippen LogP contribution in [-0.2, 0) is 20.7 Å². The van der Waals surface area contributed by atoms with Gasteiger partial charge in [-0.25, -0.2) is 4.98 Å². The maximum absolute atomic E-state index is 13.3. The number of nitrogens with one attached hydrogen (secondary N) is 1. The van der Waals surface area contributed by atoms with E-state index >= 15 is 0 Å². The number of methoxy groups -OCH3 is 1. The minimum absolute atomic E-state index is 0.00262. The van der Waals surface area contributed by atoms with Crippen molar-refractivity contribution in [2.75, 3.05) is 38.7 Å². The highest BCUT2D eigenvalue weighted by Crippen LogP contribution is 2.44. The van der Waals surface area contributed by atoms with Gasteiger partial charge in [-0.3, -0.25) is 9.59 Å². The minimum Gasteiger partial charge on any atom is -0.496 e. The van der Waals surface area contributed by atoms with E-state index in [1.807, 2.05) is 46.9 Å². The zero-order valence-electron chi connectivity index (χ0n) is 20.4. The first-order valence-electron chi connectivity index (χ1n) is 12.0. The molecule has 1 atom stereocenters. The van der Waals surface area contributed by atoms with E-state index in [1.54, 1.807) is 31.6 Å². The number of likely N-dealkylation sites (tertiary alicyclic amines) is 1. The van der Waals surface area contributed by atoms with Crippen molar-refractivity contribution in [3.8, 4) is 11.4 Å². The van der Waals surface area contributed by atoms with E-state index in [1.165, 1.54) is 0 Å². The van der Waals surface area contributed by atoms with Crippen LogP contribution in [0.5, 0.6) is 5.75 Å². The zero-order chi connectivity index (χ0) is 25.3. The molecule has 0 saturated carbocycles. The Kier molecular flexibility index (Phi) is 6.73. The van der Waals surface area contributed by atoms with Gasteiger partial charge in [-0.2, -0.15) is 0 Å². The highest BCUT2D eigenvalue weighted by molar-refractivity contribution is 6.30. The molecule has 0 bridgehead atoms. The Labute approximate surface area is 215 Å². The predicted molar refractivity (Wildman–Crippen MR) is 137 cm³/mol. The molecule has 2 amide bonds. The van der Waals surface area contributed by atoms with E-state index in [-0.39, 0.29) is 29.6 Å². The highest BCUT2D eigenvalue weighted by Gasteiger charge is 2.54. The van der Waals surface area contributed by atoms with Crippen molar-refractivity contribution in [1.82, 2.24) is 14.5 Å². The highest BCUT2D eigenvalue weighted by atomic mass is 35.5. The van der Waals surface area contributed by atoms with Crippen LogP contribution >= 0.6 is 11.6 Å². The van der Waals surface area contributed by atoms with Gasteiger partial charge in [0.1, 0.15) is 5.75 Å². The van der Waals surface area contributed by atoms with Gasteiger partial charge in [0, 0.05) is 53.3 Å². The number of carbonyl (C=O) groups excluding carboxylic acids is 2. The minimum atomic E-state index is -0.327. The smallest absolute Gasteiger partial charge is 0.230 e. The molecule has 2 aromatic carbocycles. The molecule has 188 valence electrons. The fourth-order valence-corrected chi connectivity index (χ4v) is 5.31. The molecule has 2 aliphatic heterocycles. The first kappa shape index (κ1) is 24.3. The van der Waals surface area contributed by atoms with Gasteiger partial charge in [-0.15, -0.1) is 0 Å². The van der Waals surface area contributed by atoms with Gasteiger partial charge in [0.15, 0.2) is 0 Å². The molecule has 2 aliphatic rings. The molecule has 2 fully saturated rings. The topological polar surface area (TPSA) is 85.7 Å². The monoisotopic (exact) mass is 508 g/mol. The lowest BCUT2D eigenvalue weighted by atomic mass is 9.65. The Morgan fingerprint density at radius 1 is 1.22 bits per heavy atom. The number of benzene rings is 2. The molecule has 8 nitrogen and oxygen atoms in total. The molecule has 1 unspecified atom stereocenters. The Morgan fingerprint density at radius 2 is 2.00 bits per heavy atom. The van der Waals surface area contributed by atoms with E-state index in [2.05, 4.69) is 10.3 Å². The van der Waals surface area contributed by atoms with Crippen molar-refractivity contribution in [2.24, 2.45) is 11.3 Å². The van der Waals surface area contributed by atoms with Crippen LogP contribution in [0.2, 0.25) is 5.02 Å². The van der Waals surface area contributed by atoms with E-state index in [9.17, 15) is 9.59 Å². The molecule has 2 saturated heterocycles. The molecule has 5 rings (SSSR count). The van der Waals surface area contributed by atoms with E-state index in [4.69, 9.17) is 21.1 Å². The second-order valence-corrected chi connectivity index (χ2v) is 10.0. The van der Waals surface area contributed by atoms with Crippen molar-refractivity contribution in [1.29, 1.82) is 0 Å². The maximum Gasteiger partial charge on any atom is 0.230 e. The summed E-state index contributed by atoms with van der Waals surface area (Å²) >= 11 is 6.12. The third-order valence-corrected chi connectivity index (χ3v) is 7.41. The van der Waals surface area contributed by atoms with Gasteiger partial charge in [0.2, 0.25) is 11.8 Å². The summed E-state index contributed by atoms with van der Waals surface area (Å²) in [7, 11) is 1.58. The molecule has 9 heteroatoms. The molecule has 3 heterocycles. The maximum atomic E-state index is 13.3. The van der Waals surface area contributed by atoms with Gasteiger partial charge in [-0.05, 0) is 55.8 Å². The number of aryl methyl sites for hydroxylation is 1. The van der Waals surface area contributed by atoms with E-state index < -0.39 is 0 Å². The van der Waals surface area contributed by atoms with Crippen LogP contribution in [0, 0.1) is 18.3 Å². The van der Waals surface area contributed by atoms with Crippen LogP contribution in [0.4, 0.5) is 5.69 Å². The number of halogens is 1. The molecule has 0 radical (unpaired) electrons. The lowest BCUT2D eigenvalue weighted by molar-refractivity contribution is -0.166. The van der Waals surface area contributed by atoms with Crippen molar-refractivity contribution >= 4 is 29.1 Å². The van der Waals surface area contributed by atoms with Crippen LogP contribution in [-0.4, -0.2) is 59.7 Å². The standard InChI is InChI=1S/C27H29ClN4O4/c1-18-13-31(17-29-18)22-6-4-21(5-7-22)30-26(34)23-14-36-10-9-27(23)15-32(16-27)25(33)12-19-11-20(28)3-8-24(19)35-2/h3-8,11,13,17,23H,9-10,12,14-16H2,1-2H3,(H,30,34). The molecule has 1 N–H and O–H groups in total. The Bertz CT molecular complexity index is 1270. The summed E-state index contributed by atoms with van der Waals surface area (Å²) in [6.07, 6.45) is 4.66. The summed E-state index contributed by atoms with van der Waals surface area (Å²) in [5.74, 6) is 0.231. The SMILES string of the molecule is COc1ccc(Cl)cc1CC(=O)N1CC2(CCOCC2C(=O)Nc2ccc(-n3cnc(C)c3)cc2)C1. The van der Waals surface area contributed by atoms with Crippen molar-refractivity contribution in [3.63, 3.8) is 0 Å². The summed E-state index contributed by atoms with van der Waals surface area (Å²) in [6, 6.07) is 12.9. The molecular formula is C27H29ClN4O4. The predicted octanol–water partition coefficient (Wildman–Crippen LogP) is 3.89. The van der Waals surface area contributed by atoms with Crippen molar-refractivity contribution in [2.45, 2.75) is 19.8 Å². The van der Waals surface area contributed by atoms with Crippen LogP contribution in [0.1, 0.15) is 17.7 Å². The summed E-state index contributed by atoms with van der Waals surface area (Å²) in [5, 5.41) is 3.61. The second-order valence-electron chi connectivity index (χ2n) is 9.58. The van der Waals surface area contributed by atoms with Gasteiger partial charge in [0.25, 0.3) is 0 Å². The fraction of sp³-hybridized carbons (Fsp3) is 0.370. The number of amides is 2. The normalized spacial score (nSPS) is 18.5. The van der Waals surface area contributed by atoms with Crippen LogP contribution in [0.15, 0.2) is 55.0 Å². The van der Waals surface area contributed by atoms with E-state index in [0.717, 1.165) is 29.1 Å². The Morgan fingerprint density at radius 3 is 2.69 bits per heavy atom. The summed E-state index contributed by atoms with van der Waals surface area (Å²) in [5.41, 5.74) is 3.11. The second kappa shape index (κ2) is 9.95. The molecular weight excluding hydrogens is 480 g/mol. The average molecular weight is 509 g/mol. The lowest BCUT2D eigenvalue weighted by Gasteiger charge is -2.55. The summed E-state index contributed by atoms with van der Waals surface area (Å²) in [6.45, 7) is 3.95. The molecule has 0 aliphatic carbocycles. The number of hydrogen-bond donors (Lipinski definition) is 1. The molecule has 1 spiro atoms. The Hall–Kier alpha value is -3.36.